The lowest BCUT2D eigenvalue weighted by Gasteiger charge is -2.35. The highest BCUT2D eigenvalue weighted by Gasteiger charge is 2.35. The van der Waals surface area contributed by atoms with Crippen molar-refractivity contribution in [2.45, 2.75) is 0 Å². The second-order valence-corrected chi connectivity index (χ2v) is 5.26. The summed E-state index contributed by atoms with van der Waals surface area (Å²) in [6.45, 7) is 0. The SMILES string of the molecule is Nc1c(N)c(N)c2c(c1N)Nc1c(N)c(N)c(N)c(N)c1[NH+]2[O-]. The molecular weight excluding hydrogens is 300 g/mol. The summed E-state index contributed by atoms with van der Waals surface area (Å²) in [6.07, 6.45) is 0. The molecule has 122 valence electrons. The van der Waals surface area contributed by atoms with E-state index in [-0.39, 0.29) is 68.2 Å². The van der Waals surface area contributed by atoms with E-state index in [4.69, 9.17) is 45.9 Å². The van der Waals surface area contributed by atoms with Crippen LogP contribution >= 0.6 is 0 Å². The van der Waals surface area contributed by atoms with Gasteiger partial charge in [0.15, 0.2) is 11.4 Å². The van der Waals surface area contributed by atoms with Crippen LogP contribution in [-0.4, -0.2) is 0 Å². The van der Waals surface area contributed by atoms with Gasteiger partial charge in [0.05, 0.1) is 34.1 Å². The first-order chi connectivity index (χ1) is 10.7. The molecule has 0 amide bonds. The van der Waals surface area contributed by atoms with Crippen molar-refractivity contribution in [2.24, 2.45) is 0 Å². The number of hydrogen-bond acceptors (Lipinski definition) is 10. The molecule has 2 aromatic carbocycles. The van der Waals surface area contributed by atoms with E-state index in [1.807, 2.05) is 0 Å². The van der Waals surface area contributed by atoms with Gasteiger partial charge in [-0.05, 0) is 0 Å². The maximum Gasteiger partial charge on any atom is 0.187 e. The van der Waals surface area contributed by atoms with Crippen molar-refractivity contribution in [3.05, 3.63) is 5.21 Å². The minimum absolute atomic E-state index is 0.00298. The predicted octanol–water partition coefficient (Wildman–Crippen LogP) is -1.25. The highest BCUT2D eigenvalue weighted by molar-refractivity contribution is 6.10. The fourth-order valence-electron chi connectivity index (χ4n) is 2.64. The Morgan fingerprint density at radius 2 is 0.826 bits per heavy atom. The molecule has 1 heterocycles. The van der Waals surface area contributed by atoms with Gasteiger partial charge in [-0.15, -0.1) is 0 Å². The van der Waals surface area contributed by atoms with Crippen LogP contribution in [0.15, 0.2) is 0 Å². The van der Waals surface area contributed by atoms with Crippen LogP contribution in [0.4, 0.5) is 68.2 Å². The van der Waals surface area contributed by atoms with Crippen LogP contribution in [-0.2, 0) is 0 Å². The van der Waals surface area contributed by atoms with Gasteiger partial charge >= 0.3 is 0 Å². The summed E-state index contributed by atoms with van der Waals surface area (Å²) in [5.74, 6) is 0. The first-order valence-electron chi connectivity index (χ1n) is 6.51. The van der Waals surface area contributed by atoms with Crippen molar-refractivity contribution < 1.29 is 5.06 Å². The minimum Gasteiger partial charge on any atom is -0.623 e. The van der Waals surface area contributed by atoms with E-state index in [9.17, 15) is 5.21 Å². The lowest BCUT2D eigenvalue weighted by atomic mass is 10.0. The number of hydrogen-bond donors (Lipinski definition) is 10. The Morgan fingerprint density at radius 3 is 1.17 bits per heavy atom. The number of rotatable bonds is 0. The molecule has 3 rings (SSSR count). The van der Waals surface area contributed by atoms with Crippen LogP contribution in [0.25, 0.3) is 0 Å². The Labute approximate surface area is 130 Å². The van der Waals surface area contributed by atoms with Crippen molar-refractivity contribution in [1.82, 2.24) is 0 Å². The molecule has 0 aromatic heterocycles. The van der Waals surface area contributed by atoms with Gasteiger partial charge in [-0.3, -0.25) is 0 Å². The average molecular weight is 318 g/mol. The summed E-state index contributed by atoms with van der Waals surface area (Å²) < 4.78 is 0. The van der Waals surface area contributed by atoms with Gasteiger partial charge in [-0.2, -0.15) is 0 Å². The molecule has 23 heavy (non-hydrogen) atoms. The molecule has 0 saturated heterocycles. The molecule has 0 saturated carbocycles. The molecule has 0 bridgehead atoms. The Bertz CT molecular complexity index is 793. The summed E-state index contributed by atoms with van der Waals surface area (Å²) in [5.41, 5.74) is 47.9. The van der Waals surface area contributed by atoms with Gasteiger partial charge in [0, 0.05) is 0 Å². The van der Waals surface area contributed by atoms with Crippen molar-refractivity contribution >= 4 is 68.2 Å². The first kappa shape index (κ1) is 14.5. The van der Waals surface area contributed by atoms with Crippen LogP contribution in [0.1, 0.15) is 0 Å². The molecule has 11 nitrogen and oxygen atoms in total. The molecular formula is C12H18N10O. The number of nitrogens with one attached hydrogen (secondary N) is 2. The van der Waals surface area contributed by atoms with Gasteiger partial charge in [0.25, 0.3) is 0 Å². The maximum absolute atomic E-state index is 12.9. The van der Waals surface area contributed by atoms with E-state index in [2.05, 4.69) is 5.32 Å². The Morgan fingerprint density at radius 1 is 0.522 bits per heavy atom. The van der Waals surface area contributed by atoms with E-state index in [0.29, 0.717) is 0 Å². The molecule has 0 unspecified atom stereocenters. The van der Waals surface area contributed by atoms with Gasteiger partial charge in [-0.1, -0.05) is 0 Å². The van der Waals surface area contributed by atoms with E-state index < -0.39 is 5.06 Å². The topological polar surface area (TPSA) is 248 Å². The third kappa shape index (κ3) is 1.59. The molecule has 0 radical (unpaired) electrons. The third-order valence-electron chi connectivity index (χ3n) is 4.02. The number of nitrogen functional groups attached to an aromatic ring is 8. The van der Waals surface area contributed by atoms with E-state index in [1.54, 1.807) is 0 Å². The number of benzene rings is 2. The molecule has 0 fully saturated rings. The van der Waals surface area contributed by atoms with E-state index >= 15 is 0 Å². The summed E-state index contributed by atoms with van der Waals surface area (Å²) in [5, 5.41) is 15.3. The molecule has 1 aliphatic rings. The van der Waals surface area contributed by atoms with Gasteiger partial charge < -0.3 is 61.5 Å². The van der Waals surface area contributed by atoms with Crippen LogP contribution in [0.5, 0.6) is 0 Å². The summed E-state index contributed by atoms with van der Waals surface area (Å²) >= 11 is 0. The van der Waals surface area contributed by atoms with Gasteiger partial charge in [0.1, 0.15) is 22.7 Å². The highest BCUT2D eigenvalue weighted by Crippen LogP contribution is 2.51. The lowest BCUT2D eigenvalue weighted by Crippen LogP contribution is -2.97. The maximum atomic E-state index is 12.9. The largest absolute Gasteiger partial charge is 0.623 e. The van der Waals surface area contributed by atoms with E-state index in [1.165, 1.54) is 0 Å². The predicted molar refractivity (Wildman–Crippen MR) is 95.1 cm³/mol. The molecule has 18 N–H and O–H groups in total. The molecule has 0 spiro atoms. The van der Waals surface area contributed by atoms with Crippen LogP contribution in [0.2, 0.25) is 0 Å². The highest BCUT2D eigenvalue weighted by atomic mass is 16.5. The zero-order chi connectivity index (χ0) is 17.2. The minimum atomic E-state index is -0.513. The summed E-state index contributed by atoms with van der Waals surface area (Å²) in [4.78, 5) is 0. The normalized spacial score (nSPS) is 13.3. The van der Waals surface area contributed by atoms with Crippen LogP contribution < -0.4 is 56.2 Å². The fraction of sp³-hybridized carbons (Fsp3) is 0. The Balaban J connectivity index is 2.40. The number of quaternary nitrogens is 1. The first-order valence-corrected chi connectivity index (χ1v) is 6.51. The summed E-state index contributed by atoms with van der Waals surface area (Å²) in [7, 11) is 0. The second-order valence-electron chi connectivity index (χ2n) is 5.26. The number of nitrogens with two attached hydrogens (primary N) is 8. The third-order valence-corrected chi connectivity index (χ3v) is 4.02. The van der Waals surface area contributed by atoms with Crippen LogP contribution in [0.3, 0.4) is 0 Å². The lowest BCUT2D eigenvalue weighted by molar-refractivity contribution is -0.696. The fourth-order valence-corrected chi connectivity index (χ4v) is 2.64. The average Bonchev–Trinajstić information content (AvgIpc) is 2.53. The molecule has 0 aliphatic carbocycles. The monoisotopic (exact) mass is 318 g/mol. The Hall–Kier alpha value is -3.44. The number of anilines is 10. The van der Waals surface area contributed by atoms with Crippen molar-refractivity contribution in [2.75, 3.05) is 51.2 Å². The molecule has 11 heteroatoms. The standard InChI is InChI=1S/C12H18N10O/c13-1-3(15)7(19)11-9(5(1)17)21-10-6(18)2(14)4(16)8(20)12(10)22(11)23/h21-22H,13-20H2. The van der Waals surface area contributed by atoms with Gasteiger partial charge in [-0.25, -0.2) is 0 Å². The second kappa shape index (κ2) is 4.28. The smallest absolute Gasteiger partial charge is 0.187 e. The summed E-state index contributed by atoms with van der Waals surface area (Å²) in [6, 6.07) is 0. The zero-order valence-electron chi connectivity index (χ0n) is 12.0. The zero-order valence-corrected chi connectivity index (χ0v) is 12.0. The van der Waals surface area contributed by atoms with Crippen molar-refractivity contribution in [3.63, 3.8) is 0 Å². The van der Waals surface area contributed by atoms with Crippen LogP contribution in [0, 0.1) is 5.21 Å². The van der Waals surface area contributed by atoms with Gasteiger partial charge in [0.2, 0.25) is 0 Å². The molecule has 0 atom stereocenters. The van der Waals surface area contributed by atoms with Crippen molar-refractivity contribution in [1.29, 1.82) is 0 Å². The Kier molecular flexibility index (Phi) is 2.70. The molecule has 2 aromatic rings. The molecule has 1 aliphatic heterocycles. The quantitative estimate of drug-likeness (QED) is 0.204. The number of fused-ring (bicyclic) bond motifs is 2. The van der Waals surface area contributed by atoms with Crippen molar-refractivity contribution in [3.8, 4) is 0 Å². The van der Waals surface area contributed by atoms with E-state index in [0.717, 1.165) is 0 Å².